The van der Waals surface area contributed by atoms with Gasteiger partial charge in [-0.3, -0.25) is 14.8 Å². The number of nitrogens with one attached hydrogen (secondary N) is 1. The van der Waals surface area contributed by atoms with E-state index in [-0.39, 0.29) is 10.8 Å². The lowest BCUT2D eigenvalue weighted by atomic mass is 9.59. The van der Waals surface area contributed by atoms with Gasteiger partial charge in [0.25, 0.3) is 0 Å². The van der Waals surface area contributed by atoms with E-state index >= 15 is 0 Å². The van der Waals surface area contributed by atoms with Crippen molar-refractivity contribution in [2.45, 2.75) is 26.1 Å². The topological polar surface area (TPSA) is 53.1 Å². The number of aliphatic imine (C=N–C) groups is 1. The van der Waals surface area contributed by atoms with Crippen molar-refractivity contribution in [1.29, 1.82) is 0 Å². The van der Waals surface area contributed by atoms with E-state index in [4.69, 9.17) is 14.5 Å². The van der Waals surface area contributed by atoms with Crippen LogP contribution in [-0.2, 0) is 0 Å². The molecule has 0 saturated carbocycles. The third-order valence-corrected chi connectivity index (χ3v) is 7.96. The molecule has 1 aromatic heterocycles. The second kappa shape index (κ2) is 6.36. The predicted octanol–water partition coefficient (Wildman–Crippen LogP) is 4.04. The Balaban J connectivity index is 1.20. The van der Waals surface area contributed by atoms with Crippen molar-refractivity contribution >= 4 is 17.1 Å². The van der Waals surface area contributed by atoms with Gasteiger partial charge in [-0.2, -0.15) is 0 Å². The smallest absolute Gasteiger partial charge is 0.231 e. The number of piperidine rings is 2. The maximum Gasteiger partial charge on any atom is 0.231 e. The summed E-state index contributed by atoms with van der Waals surface area (Å²) in [7, 11) is 0. The molecule has 4 fully saturated rings. The van der Waals surface area contributed by atoms with Gasteiger partial charge >= 0.3 is 0 Å². The molecule has 3 aromatic rings. The number of ether oxygens (including phenoxy) is 2. The van der Waals surface area contributed by atoms with Crippen LogP contribution in [0.5, 0.6) is 11.5 Å². The Bertz CT molecular complexity index is 1210. The van der Waals surface area contributed by atoms with Crippen LogP contribution in [0.2, 0.25) is 0 Å². The summed E-state index contributed by atoms with van der Waals surface area (Å²) in [5.74, 6) is 1.73. The fourth-order valence-electron chi connectivity index (χ4n) is 7.06. The van der Waals surface area contributed by atoms with Crippen LogP contribution in [0.3, 0.4) is 0 Å². The lowest BCUT2D eigenvalue weighted by Crippen LogP contribution is -2.76. The average molecular weight is 429 g/mol. The molecular formula is C26H28N4O2. The van der Waals surface area contributed by atoms with Gasteiger partial charge in [-0.05, 0) is 29.8 Å². The van der Waals surface area contributed by atoms with E-state index < -0.39 is 0 Å². The quantitative estimate of drug-likeness (QED) is 0.640. The fourth-order valence-corrected chi connectivity index (χ4v) is 7.06. The molecule has 0 amide bonds. The van der Waals surface area contributed by atoms with Gasteiger partial charge in [0.1, 0.15) is 0 Å². The Kier molecular flexibility index (Phi) is 3.72. The molecule has 6 nitrogen and oxygen atoms in total. The van der Waals surface area contributed by atoms with Crippen molar-refractivity contribution in [2.24, 2.45) is 15.8 Å². The normalized spacial score (nSPS) is 37.1. The average Bonchev–Trinajstić information content (AvgIpc) is 3.41. The van der Waals surface area contributed by atoms with Crippen molar-refractivity contribution in [3.05, 3.63) is 59.8 Å². The first-order valence-corrected chi connectivity index (χ1v) is 11.5. The Morgan fingerprint density at radius 2 is 1.72 bits per heavy atom. The molecule has 32 heavy (non-hydrogen) atoms. The summed E-state index contributed by atoms with van der Waals surface area (Å²) in [6, 6.07) is 15.3. The van der Waals surface area contributed by atoms with Gasteiger partial charge in [0.2, 0.25) is 6.79 Å². The molecule has 0 unspecified atom stereocenters. The fraction of sp³-hybridized carbons (Fsp3) is 0.423. The zero-order chi connectivity index (χ0) is 21.5. The number of aromatic nitrogens is 1. The Labute approximate surface area is 187 Å². The number of rotatable bonds is 3. The number of benzene rings is 2. The van der Waals surface area contributed by atoms with Crippen LogP contribution in [0, 0.1) is 10.8 Å². The van der Waals surface area contributed by atoms with Gasteiger partial charge < -0.3 is 14.5 Å². The molecule has 0 spiro atoms. The molecule has 0 radical (unpaired) electrons. The van der Waals surface area contributed by atoms with Gasteiger partial charge in [-0.25, -0.2) is 0 Å². The minimum atomic E-state index is 0.140. The van der Waals surface area contributed by atoms with Crippen LogP contribution in [0.4, 0.5) is 0 Å². The second-order valence-electron chi connectivity index (χ2n) is 10.6. The number of H-pyrrole nitrogens is 1. The zero-order valence-corrected chi connectivity index (χ0v) is 18.5. The zero-order valence-electron chi connectivity index (χ0n) is 18.5. The molecule has 4 bridgehead atoms. The monoisotopic (exact) mass is 428 g/mol. The number of hydrogen-bond acceptors (Lipinski definition) is 5. The highest BCUT2D eigenvalue weighted by atomic mass is 16.7. The van der Waals surface area contributed by atoms with E-state index in [2.05, 4.69) is 77.3 Å². The lowest BCUT2D eigenvalue weighted by molar-refractivity contribution is -0.205. The highest BCUT2D eigenvalue weighted by Gasteiger charge is 2.62. The molecular weight excluding hydrogens is 400 g/mol. The molecule has 164 valence electrons. The number of nitrogens with zero attached hydrogens (tertiary/aromatic N) is 3. The van der Waals surface area contributed by atoms with Gasteiger partial charge in [0.05, 0.1) is 12.2 Å². The summed E-state index contributed by atoms with van der Waals surface area (Å²) in [6.45, 7) is 9.44. The van der Waals surface area contributed by atoms with Crippen molar-refractivity contribution < 1.29 is 9.47 Å². The summed E-state index contributed by atoms with van der Waals surface area (Å²) in [6.07, 6.45) is 4.44. The Morgan fingerprint density at radius 1 is 0.969 bits per heavy atom. The molecule has 0 atom stereocenters. The van der Waals surface area contributed by atoms with Crippen molar-refractivity contribution in [3.63, 3.8) is 0 Å². The first-order chi connectivity index (χ1) is 15.5. The van der Waals surface area contributed by atoms with Crippen LogP contribution in [0.1, 0.15) is 31.1 Å². The Hall–Kier alpha value is -2.83. The van der Waals surface area contributed by atoms with Crippen LogP contribution in [-0.4, -0.2) is 60.0 Å². The summed E-state index contributed by atoms with van der Waals surface area (Å²) in [5, 5.41) is 1.24. The number of aromatic amines is 1. The minimum Gasteiger partial charge on any atom is -0.454 e. The molecule has 6 heterocycles. The largest absolute Gasteiger partial charge is 0.454 e. The lowest BCUT2D eigenvalue weighted by Gasteiger charge is -2.68. The molecule has 6 heteroatoms. The van der Waals surface area contributed by atoms with E-state index in [1.807, 2.05) is 6.20 Å². The van der Waals surface area contributed by atoms with Crippen LogP contribution in [0.25, 0.3) is 10.9 Å². The van der Waals surface area contributed by atoms with E-state index in [1.165, 1.54) is 22.0 Å². The molecule has 1 N–H and O–H groups in total. The van der Waals surface area contributed by atoms with Crippen LogP contribution >= 0.6 is 0 Å². The van der Waals surface area contributed by atoms with Crippen LogP contribution < -0.4 is 9.47 Å². The molecule has 4 saturated heterocycles. The minimum absolute atomic E-state index is 0.140. The molecule has 8 rings (SSSR count). The molecule has 2 aromatic carbocycles. The van der Waals surface area contributed by atoms with Gasteiger partial charge in [-0.1, -0.05) is 32.0 Å². The highest BCUT2D eigenvalue weighted by molar-refractivity contribution is 5.98. The summed E-state index contributed by atoms with van der Waals surface area (Å²) in [5.41, 5.74) is 3.95. The number of fused-ring (bicyclic) bond motifs is 2. The molecule has 5 aliphatic heterocycles. The molecule has 0 aliphatic carbocycles. The first kappa shape index (κ1) is 18.7. The summed E-state index contributed by atoms with van der Waals surface area (Å²) < 4.78 is 11.2. The summed E-state index contributed by atoms with van der Waals surface area (Å²) >= 11 is 0. The van der Waals surface area contributed by atoms with E-state index in [1.54, 1.807) is 0 Å². The SMILES string of the molecule is CC12CN3CC(C)(CN(C1)C3c1ccc3c(c1)OCO3)C2N=Cc1cccc2[nH]ccc12. The maximum atomic E-state index is 5.66. The number of hydrogen-bond donors (Lipinski definition) is 1. The predicted molar refractivity (Wildman–Crippen MR) is 124 cm³/mol. The molecule has 5 aliphatic rings. The van der Waals surface area contributed by atoms with Crippen molar-refractivity contribution in [3.8, 4) is 11.5 Å². The second-order valence-corrected chi connectivity index (χ2v) is 10.6. The van der Waals surface area contributed by atoms with Gasteiger partial charge in [0, 0.05) is 65.9 Å². The maximum absolute atomic E-state index is 5.66. The standard InChI is InChI=1S/C26H28N4O2/c1-25-12-29-14-26(2,24(25)28-11-18-4-3-5-20-19(18)8-9-27-20)15-30(13-25)23(29)17-6-7-21-22(10-17)32-16-31-21/h3-11,23-24,27H,12-16H2,1-2H3. The van der Waals surface area contributed by atoms with Crippen LogP contribution in [0.15, 0.2) is 53.7 Å². The highest BCUT2D eigenvalue weighted by Crippen LogP contribution is 2.56. The van der Waals surface area contributed by atoms with E-state index in [0.717, 1.165) is 37.7 Å². The van der Waals surface area contributed by atoms with Crippen molar-refractivity contribution in [2.75, 3.05) is 33.0 Å². The van der Waals surface area contributed by atoms with E-state index in [9.17, 15) is 0 Å². The van der Waals surface area contributed by atoms with Gasteiger partial charge in [-0.15, -0.1) is 0 Å². The first-order valence-electron chi connectivity index (χ1n) is 11.5. The van der Waals surface area contributed by atoms with Gasteiger partial charge in [0.15, 0.2) is 11.5 Å². The Morgan fingerprint density at radius 3 is 2.50 bits per heavy atom. The third-order valence-electron chi connectivity index (χ3n) is 7.96. The van der Waals surface area contributed by atoms with Crippen molar-refractivity contribution in [1.82, 2.24) is 14.8 Å². The summed E-state index contributed by atoms with van der Waals surface area (Å²) in [4.78, 5) is 13.9. The van der Waals surface area contributed by atoms with E-state index in [0.29, 0.717) is 19.0 Å². The third kappa shape index (κ3) is 2.57.